The van der Waals surface area contributed by atoms with Crippen molar-refractivity contribution in [1.82, 2.24) is 9.21 Å². The first kappa shape index (κ1) is 15.7. The van der Waals surface area contributed by atoms with E-state index in [2.05, 4.69) is 9.64 Å². The number of fused-ring (bicyclic) bond motifs is 1. The Hall–Kier alpha value is -0.660. The SMILES string of the molecule is COC(=O)CCCS(=O)(=O)N1CC2CCCN2CC1C. The molecule has 2 aliphatic rings. The summed E-state index contributed by atoms with van der Waals surface area (Å²) in [7, 11) is -1.96. The Balaban J connectivity index is 1.92. The van der Waals surface area contributed by atoms with Crippen molar-refractivity contribution >= 4 is 16.0 Å². The van der Waals surface area contributed by atoms with Crippen molar-refractivity contribution in [2.75, 3.05) is 32.5 Å². The number of sulfonamides is 1. The molecule has 0 bridgehead atoms. The molecule has 7 heteroatoms. The molecule has 2 rings (SSSR count). The van der Waals surface area contributed by atoms with Crippen molar-refractivity contribution in [2.24, 2.45) is 0 Å². The zero-order valence-corrected chi connectivity index (χ0v) is 13.1. The third-order valence-corrected chi connectivity index (χ3v) is 6.28. The smallest absolute Gasteiger partial charge is 0.305 e. The maximum atomic E-state index is 12.4. The van der Waals surface area contributed by atoms with Crippen LogP contribution in [0.15, 0.2) is 0 Å². The van der Waals surface area contributed by atoms with Gasteiger partial charge in [-0.25, -0.2) is 8.42 Å². The minimum absolute atomic E-state index is 0.0208. The second-order valence-electron chi connectivity index (χ2n) is 5.71. The Kier molecular flexibility index (Phi) is 5.04. The van der Waals surface area contributed by atoms with Crippen LogP contribution in [-0.4, -0.2) is 68.2 Å². The standard InChI is InChI=1S/C13H24N2O4S/c1-11-9-14-7-3-5-12(14)10-15(11)20(17,18)8-4-6-13(16)19-2/h11-12H,3-10H2,1-2H3. The van der Waals surface area contributed by atoms with Gasteiger partial charge < -0.3 is 4.74 Å². The molecule has 116 valence electrons. The van der Waals surface area contributed by atoms with E-state index in [1.807, 2.05) is 6.92 Å². The molecule has 0 aromatic rings. The number of carbonyl (C=O) groups is 1. The number of hydrogen-bond acceptors (Lipinski definition) is 5. The fourth-order valence-electron chi connectivity index (χ4n) is 3.17. The molecule has 0 spiro atoms. The van der Waals surface area contributed by atoms with E-state index in [4.69, 9.17) is 0 Å². The number of hydrogen-bond donors (Lipinski definition) is 0. The van der Waals surface area contributed by atoms with E-state index < -0.39 is 10.0 Å². The van der Waals surface area contributed by atoms with Gasteiger partial charge in [0.1, 0.15) is 0 Å². The number of piperazine rings is 1. The van der Waals surface area contributed by atoms with Crippen molar-refractivity contribution in [1.29, 1.82) is 0 Å². The second kappa shape index (κ2) is 6.41. The highest BCUT2D eigenvalue weighted by molar-refractivity contribution is 7.89. The summed E-state index contributed by atoms with van der Waals surface area (Å²) < 4.78 is 31.0. The van der Waals surface area contributed by atoms with Gasteiger partial charge in [-0.1, -0.05) is 0 Å². The molecule has 20 heavy (non-hydrogen) atoms. The van der Waals surface area contributed by atoms with Crippen LogP contribution >= 0.6 is 0 Å². The predicted octanol–water partition coefficient (Wildman–Crippen LogP) is 0.438. The number of rotatable bonds is 5. The largest absolute Gasteiger partial charge is 0.469 e. The van der Waals surface area contributed by atoms with E-state index in [1.165, 1.54) is 7.11 Å². The molecule has 2 fully saturated rings. The fourth-order valence-corrected chi connectivity index (χ4v) is 4.92. The van der Waals surface area contributed by atoms with Crippen molar-refractivity contribution in [2.45, 2.75) is 44.7 Å². The summed E-state index contributed by atoms with van der Waals surface area (Å²) >= 11 is 0. The topological polar surface area (TPSA) is 66.9 Å². The average Bonchev–Trinajstić information content (AvgIpc) is 2.84. The molecule has 0 N–H and O–H groups in total. The maximum absolute atomic E-state index is 12.4. The number of methoxy groups -OCH3 is 1. The third-order valence-electron chi connectivity index (χ3n) is 4.25. The van der Waals surface area contributed by atoms with Gasteiger partial charge in [0.05, 0.1) is 12.9 Å². The maximum Gasteiger partial charge on any atom is 0.305 e. The van der Waals surface area contributed by atoms with E-state index in [0.29, 0.717) is 19.0 Å². The van der Waals surface area contributed by atoms with Gasteiger partial charge >= 0.3 is 5.97 Å². The summed E-state index contributed by atoms with van der Waals surface area (Å²) in [6.45, 7) is 4.47. The molecule has 0 radical (unpaired) electrons. The lowest BCUT2D eigenvalue weighted by molar-refractivity contribution is -0.140. The summed E-state index contributed by atoms with van der Waals surface area (Å²) in [4.78, 5) is 13.4. The Bertz CT molecular complexity index is 451. The summed E-state index contributed by atoms with van der Waals surface area (Å²) in [5.41, 5.74) is 0. The van der Waals surface area contributed by atoms with Gasteiger partial charge in [-0.2, -0.15) is 4.31 Å². The lowest BCUT2D eigenvalue weighted by Gasteiger charge is -2.41. The van der Waals surface area contributed by atoms with Crippen LogP contribution in [0.5, 0.6) is 0 Å². The van der Waals surface area contributed by atoms with Crippen LogP contribution < -0.4 is 0 Å². The Morgan fingerprint density at radius 3 is 2.80 bits per heavy atom. The predicted molar refractivity (Wildman–Crippen MR) is 75.8 cm³/mol. The van der Waals surface area contributed by atoms with Crippen LogP contribution in [0.25, 0.3) is 0 Å². The van der Waals surface area contributed by atoms with Crippen LogP contribution in [0.1, 0.15) is 32.6 Å². The molecule has 0 saturated carbocycles. The summed E-state index contributed by atoms with van der Waals surface area (Å²) in [5.74, 6) is -0.326. The highest BCUT2D eigenvalue weighted by Crippen LogP contribution is 2.26. The van der Waals surface area contributed by atoms with E-state index >= 15 is 0 Å². The molecular formula is C13H24N2O4S. The van der Waals surface area contributed by atoms with Gasteiger partial charge in [-0.3, -0.25) is 9.69 Å². The van der Waals surface area contributed by atoms with E-state index in [9.17, 15) is 13.2 Å². The molecular weight excluding hydrogens is 280 g/mol. The lowest BCUT2D eigenvalue weighted by atomic mass is 10.1. The lowest BCUT2D eigenvalue weighted by Crippen LogP contribution is -2.57. The normalized spacial score (nSPS) is 28.3. The summed E-state index contributed by atoms with van der Waals surface area (Å²) in [5, 5.41) is 0. The van der Waals surface area contributed by atoms with Crippen LogP contribution in [0.3, 0.4) is 0 Å². The highest BCUT2D eigenvalue weighted by Gasteiger charge is 2.39. The van der Waals surface area contributed by atoms with E-state index in [1.54, 1.807) is 4.31 Å². The monoisotopic (exact) mass is 304 g/mol. The minimum Gasteiger partial charge on any atom is -0.469 e. The average molecular weight is 304 g/mol. The molecule has 0 amide bonds. The quantitative estimate of drug-likeness (QED) is 0.689. The Morgan fingerprint density at radius 2 is 2.10 bits per heavy atom. The zero-order chi connectivity index (χ0) is 14.8. The number of esters is 1. The Labute approximate surface area is 121 Å². The molecule has 2 heterocycles. The van der Waals surface area contributed by atoms with Crippen LogP contribution in [-0.2, 0) is 19.6 Å². The molecule has 0 aromatic heterocycles. The summed E-state index contributed by atoms with van der Waals surface area (Å²) in [6.07, 6.45) is 2.73. The van der Waals surface area contributed by atoms with Gasteiger partial charge in [-0.15, -0.1) is 0 Å². The van der Waals surface area contributed by atoms with Gasteiger partial charge in [0.2, 0.25) is 10.0 Å². The second-order valence-corrected chi connectivity index (χ2v) is 7.75. The van der Waals surface area contributed by atoms with Crippen molar-refractivity contribution < 1.29 is 17.9 Å². The highest BCUT2D eigenvalue weighted by atomic mass is 32.2. The minimum atomic E-state index is -3.28. The van der Waals surface area contributed by atoms with Gasteiger partial charge in [0, 0.05) is 31.6 Å². The van der Waals surface area contributed by atoms with Crippen molar-refractivity contribution in [3.05, 3.63) is 0 Å². The first-order valence-corrected chi connectivity index (χ1v) is 8.85. The van der Waals surface area contributed by atoms with Crippen molar-refractivity contribution in [3.8, 4) is 0 Å². The molecule has 2 unspecified atom stereocenters. The van der Waals surface area contributed by atoms with Crippen LogP contribution in [0.2, 0.25) is 0 Å². The number of nitrogens with zero attached hydrogens (tertiary/aromatic N) is 2. The van der Waals surface area contributed by atoms with E-state index in [-0.39, 0.29) is 24.2 Å². The first-order chi connectivity index (χ1) is 9.44. The third kappa shape index (κ3) is 3.51. The molecule has 6 nitrogen and oxygen atoms in total. The number of carbonyl (C=O) groups excluding carboxylic acids is 1. The summed E-state index contributed by atoms with van der Waals surface area (Å²) in [6, 6.07) is 0.397. The Morgan fingerprint density at radius 1 is 1.35 bits per heavy atom. The van der Waals surface area contributed by atoms with Gasteiger partial charge in [-0.05, 0) is 32.7 Å². The molecule has 2 saturated heterocycles. The fraction of sp³-hybridized carbons (Fsp3) is 0.923. The first-order valence-electron chi connectivity index (χ1n) is 7.24. The molecule has 2 aliphatic heterocycles. The molecule has 0 aliphatic carbocycles. The van der Waals surface area contributed by atoms with Crippen LogP contribution in [0.4, 0.5) is 0 Å². The zero-order valence-electron chi connectivity index (χ0n) is 12.2. The van der Waals surface area contributed by atoms with E-state index in [0.717, 1.165) is 25.9 Å². The van der Waals surface area contributed by atoms with Gasteiger partial charge in [0.15, 0.2) is 0 Å². The molecule has 2 atom stereocenters. The number of ether oxygens (including phenoxy) is 1. The van der Waals surface area contributed by atoms with Gasteiger partial charge in [0.25, 0.3) is 0 Å². The molecule has 0 aromatic carbocycles. The van der Waals surface area contributed by atoms with Crippen LogP contribution in [0, 0.1) is 0 Å². The van der Waals surface area contributed by atoms with Crippen molar-refractivity contribution in [3.63, 3.8) is 0 Å².